The lowest BCUT2D eigenvalue weighted by molar-refractivity contribution is -0.131. The number of rotatable bonds is 4. The minimum absolute atomic E-state index is 0.0893. The average molecular weight is 363 g/mol. The summed E-state index contributed by atoms with van der Waals surface area (Å²) in [5, 5.41) is 0.568. The molecule has 0 bridgehead atoms. The Kier molecular flexibility index (Phi) is 4.82. The highest BCUT2D eigenvalue weighted by Gasteiger charge is 2.21. The highest BCUT2D eigenvalue weighted by molar-refractivity contribution is 5.78. The Balaban J connectivity index is 1.34. The van der Waals surface area contributed by atoms with E-state index >= 15 is 0 Å². The van der Waals surface area contributed by atoms with E-state index in [9.17, 15) is 9.59 Å². The highest BCUT2D eigenvalue weighted by atomic mass is 16.2. The summed E-state index contributed by atoms with van der Waals surface area (Å²) in [5.41, 5.74) is 0.500. The van der Waals surface area contributed by atoms with Crippen LogP contribution in [0.15, 0.2) is 53.5 Å². The number of nitrogens with zero attached hydrogens (tertiary/aromatic N) is 4. The predicted molar refractivity (Wildman–Crippen MR) is 104 cm³/mol. The quantitative estimate of drug-likeness (QED) is 0.761. The summed E-state index contributed by atoms with van der Waals surface area (Å²) in [4.78, 5) is 40.3. The molecular weight excluding hydrogens is 342 g/mol. The summed E-state index contributed by atoms with van der Waals surface area (Å²) in [6, 6.07) is 13.1. The first-order valence-corrected chi connectivity index (χ1v) is 9.12. The summed E-state index contributed by atoms with van der Waals surface area (Å²) < 4.78 is 0. The van der Waals surface area contributed by atoms with Gasteiger partial charge in [-0.05, 0) is 24.3 Å². The second-order valence-corrected chi connectivity index (χ2v) is 6.59. The molecule has 7 nitrogen and oxygen atoms in total. The molecule has 1 amide bonds. The van der Waals surface area contributed by atoms with Gasteiger partial charge in [0.05, 0.1) is 10.9 Å². The van der Waals surface area contributed by atoms with Gasteiger partial charge in [0, 0.05) is 45.2 Å². The van der Waals surface area contributed by atoms with Crippen LogP contribution in [0.25, 0.3) is 10.9 Å². The Hall–Kier alpha value is -3.22. The predicted octanol–water partition coefficient (Wildman–Crippen LogP) is 1.60. The van der Waals surface area contributed by atoms with E-state index in [0.29, 0.717) is 42.7 Å². The number of fused-ring (bicyclic) bond motifs is 1. The van der Waals surface area contributed by atoms with E-state index < -0.39 is 0 Å². The molecule has 0 unspecified atom stereocenters. The minimum Gasteiger partial charge on any atom is -0.353 e. The molecule has 2 aromatic heterocycles. The van der Waals surface area contributed by atoms with Crippen molar-refractivity contribution >= 4 is 22.6 Å². The fourth-order valence-electron chi connectivity index (χ4n) is 3.36. The third kappa shape index (κ3) is 3.81. The minimum atomic E-state index is -0.160. The van der Waals surface area contributed by atoms with E-state index in [1.807, 2.05) is 41.3 Å². The number of nitrogens with one attached hydrogen (secondary N) is 1. The molecule has 4 rings (SSSR count). The molecule has 138 valence electrons. The molecule has 1 aromatic carbocycles. The highest BCUT2D eigenvalue weighted by Crippen LogP contribution is 2.13. The fourth-order valence-corrected chi connectivity index (χ4v) is 3.36. The van der Waals surface area contributed by atoms with Gasteiger partial charge in [-0.25, -0.2) is 9.97 Å². The molecule has 7 heteroatoms. The molecular formula is C20H21N5O2. The summed E-state index contributed by atoms with van der Waals surface area (Å²) in [5.74, 6) is 1.59. The first-order valence-electron chi connectivity index (χ1n) is 9.12. The summed E-state index contributed by atoms with van der Waals surface area (Å²) >= 11 is 0. The van der Waals surface area contributed by atoms with Crippen molar-refractivity contribution < 1.29 is 4.79 Å². The molecule has 1 saturated heterocycles. The topological polar surface area (TPSA) is 82.2 Å². The Labute approximate surface area is 156 Å². The van der Waals surface area contributed by atoms with Gasteiger partial charge >= 0.3 is 0 Å². The maximum atomic E-state index is 12.5. The van der Waals surface area contributed by atoms with Crippen molar-refractivity contribution in [2.45, 2.75) is 12.8 Å². The van der Waals surface area contributed by atoms with Gasteiger partial charge in [-0.2, -0.15) is 0 Å². The third-order valence-electron chi connectivity index (χ3n) is 4.84. The van der Waals surface area contributed by atoms with E-state index in [2.05, 4.69) is 19.9 Å². The number of aromatic amines is 1. The van der Waals surface area contributed by atoms with Gasteiger partial charge in [0.1, 0.15) is 11.6 Å². The number of anilines is 1. The number of aryl methyl sites for hydroxylation is 1. The summed E-state index contributed by atoms with van der Waals surface area (Å²) in [6.45, 7) is 2.90. The largest absolute Gasteiger partial charge is 0.353 e. The lowest BCUT2D eigenvalue weighted by Crippen LogP contribution is -2.49. The van der Waals surface area contributed by atoms with Gasteiger partial charge in [0.2, 0.25) is 5.91 Å². The van der Waals surface area contributed by atoms with E-state index in [1.165, 1.54) is 0 Å². The molecule has 1 N–H and O–H groups in total. The monoisotopic (exact) mass is 363 g/mol. The molecule has 0 aliphatic carbocycles. The normalized spacial score (nSPS) is 14.5. The summed E-state index contributed by atoms with van der Waals surface area (Å²) in [7, 11) is 0. The molecule has 1 aliphatic rings. The zero-order valence-electron chi connectivity index (χ0n) is 15.0. The third-order valence-corrected chi connectivity index (χ3v) is 4.84. The molecule has 0 spiro atoms. The van der Waals surface area contributed by atoms with Crippen LogP contribution in [0.1, 0.15) is 12.2 Å². The Bertz CT molecular complexity index is 994. The number of carbonyl (C=O) groups excluding carboxylic acids is 1. The molecule has 0 radical (unpaired) electrons. The second kappa shape index (κ2) is 7.57. The van der Waals surface area contributed by atoms with Crippen molar-refractivity contribution in [2.75, 3.05) is 31.1 Å². The number of carbonyl (C=O) groups is 1. The van der Waals surface area contributed by atoms with Crippen molar-refractivity contribution in [3.05, 3.63) is 64.8 Å². The molecule has 27 heavy (non-hydrogen) atoms. The smallest absolute Gasteiger partial charge is 0.258 e. The zero-order valence-corrected chi connectivity index (χ0v) is 15.0. The maximum Gasteiger partial charge on any atom is 0.258 e. The van der Waals surface area contributed by atoms with Gasteiger partial charge in [-0.15, -0.1) is 0 Å². The lowest BCUT2D eigenvalue weighted by Gasteiger charge is -2.35. The number of amides is 1. The van der Waals surface area contributed by atoms with Crippen LogP contribution in [0.3, 0.4) is 0 Å². The number of H-pyrrole nitrogens is 1. The Morgan fingerprint density at radius 3 is 2.59 bits per heavy atom. The van der Waals surface area contributed by atoms with Crippen LogP contribution in [0.4, 0.5) is 5.82 Å². The van der Waals surface area contributed by atoms with Crippen LogP contribution < -0.4 is 10.5 Å². The van der Waals surface area contributed by atoms with E-state index in [-0.39, 0.29) is 11.5 Å². The van der Waals surface area contributed by atoms with Crippen molar-refractivity contribution in [1.82, 2.24) is 19.9 Å². The van der Waals surface area contributed by atoms with Gasteiger partial charge in [-0.1, -0.05) is 18.2 Å². The number of hydrogen-bond donors (Lipinski definition) is 1. The Morgan fingerprint density at radius 2 is 1.81 bits per heavy atom. The number of para-hydroxylation sites is 1. The molecule has 1 fully saturated rings. The van der Waals surface area contributed by atoms with Crippen molar-refractivity contribution in [1.29, 1.82) is 0 Å². The number of piperazine rings is 1. The van der Waals surface area contributed by atoms with Crippen LogP contribution in [-0.4, -0.2) is 51.9 Å². The molecule has 1 aliphatic heterocycles. The van der Waals surface area contributed by atoms with Gasteiger partial charge < -0.3 is 14.8 Å². The van der Waals surface area contributed by atoms with Crippen molar-refractivity contribution in [2.24, 2.45) is 0 Å². The number of hydrogen-bond acceptors (Lipinski definition) is 5. The molecule has 0 atom stereocenters. The van der Waals surface area contributed by atoms with Crippen LogP contribution in [-0.2, 0) is 11.2 Å². The second-order valence-electron chi connectivity index (χ2n) is 6.59. The van der Waals surface area contributed by atoms with Gasteiger partial charge in [0.25, 0.3) is 5.56 Å². The van der Waals surface area contributed by atoms with Crippen LogP contribution in [0.2, 0.25) is 0 Å². The van der Waals surface area contributed by atoms with E-state index in [4.69, 9.17) is 0 Å². The first kappa shape index (κ1) is 17.2. The number of benzene rings is 1. The number of aromatic nitrogens is 3. The van der Waals surface area contributed by atoms with Crippen LogP contribution in [0.5, 0.6) is 0 Å². The van der Waals surface area contributed by atoms with Gasteiger partial charge in [-0.3, -0.25) is 9.59 Å². The standard InChI is InChI=1S/C20H21N5O2/c26-19(25-13-11-24(12-14-25)18-7-3-4-10-21-18)9-8-17-22-16-6-2-1-5-15(16)20(27)23-17/h1-7,10H,8-9,11-14H2,(H,22,23,27). The molecule has 3 aromatic rings. The van der Waals surface area contributed by atoms with Gasteiger partial charge in [0.15, 0.2) is 0 Å². The van der Waals surface area contributed by atoms with E-state index in [1.54, 1.807) is 12.3 Å². The zero-order chi connectivity index (χ0) is 18.6. The van der Waals surface area contributed by atoms with Crippen molar-refractivity contribution in [3.8, 4) is 0 Å². The molecule has 3 heterocycles. The summed E-state index contributed by atoms with van der Waals surface area (Å²) in [6.07, 6.45) is 2.55. The lowest BCUT2D eigenvalue weighted by atomic mass is 10.2. The van der Waals surface area contributed by atoms with E-state index in [0.717, 1.165) is 18.9 Å². The average Bonchev–Trinajstić information content (AvgIpc) is 2.73. The first-order chi connectivity index (χ1) is 13.2. The van der Waals surface area contributed by atoms with Crippen molar-refractivity contribution in [3.63, 3.8) is 0 Å². The van der Waals surface area contributed by atoms with Crippen LogP contribution in [0, 0.1) is 0 Å². The SMILES string of the molecule is O=C(CCc1nc2ccccc2c(=O)[nH]1)N1CCN(c2ccccn2)CC1. The molecule has 0 saturated carbocycles. The maximum absolute atomic E-state index is 12.5. The number of pyridine rings is 1. The van der Waals surface area contributed by atoms with Crippen LogP contribution >= 0.6 is 0 Å². The fraction of sp³-hybridized carbons (Fsp3) is 0.300. The Morgan fingerprint density at radius 1 is 1.04 bits per heavy atom.